The molecule has 0 bridgehead atoms. The van der Waals surface area contributed by atoms with Gasteiger partial charge in [-0.05, 0) is 31.2 Å². The number of aromatic nitrogens is 2. The third-order valence-corrected chi connectivity index (χ3v) is 3.84. The van der Waals surface area contributed by atoms with Gasteiger partial charge in [-0.2, -0.15) is 0 Å². The molecule has 1 amide bonds. The standard InChI is InChI=1S/C18H12F3N3O3/c1-9-22-15-8-14(21)10(5-6-16(25)23-27)7-11(15)18(26)24(9)17-12(19)3-2-4-13(17)20/h2-8,27H,1H3,(H,23,25)/b6-5+. The topological polar surface area (TPSA) is 84.2 Å². The second-order valence-corrected chi connectivity index (χ2v) is 5.57. The number of halogens is 3. The van der Waals surface area contributed by atoms with E-state index in [9.17, 15) is 22.8 Å². The molecule has 0 saturated heterocycles. The quantitative estimate of drug-likeness (QED) is 0.419. The fraction of sp³-hybridized carbons (Fsp3) is 0.0556. The normalized spacial score (nSPS) is 11.3. The predicted molar refractivity (Wildman–Crippen MR) is 90.9 cm³/mol. The molecule has 0 aliphatic heterocycles. The van der Waals surface area contributed by atoms with E-state index in [2.05, 4.69) is 4.98 Å². The molecule has 9 heteroatoms. The van der Waals surface area contributed by atoms with Crippen molar-refractivity contribution in [1.29, 1.82) is 0 Å². The monoisotopic (exact) mass is 375 g/mol. The zero-order valence-electron chi connectivity index (χ0n) is 13.8. The van der Waals surface area contributed by atoms with Crippen molar-refractivity contribution in [3.05, 3.63) is 75.6 Å². The summed E-state index contributed by atoms with van der Waals surface area (Å²) in [5.74, 6) is -3.61. The highest BCUT2D eigenvalue weighted by Gasteiger charge is 2.18. The number of carbonyl (C=O) groups excluding carboxylic acids is 1. The Labute approximate surface area is 150 Å². The van der Waals surface area contributed by atoms with Gasteiger partial charge in [0.05, 0.1) is 10.9 Å². The lowest BCUT2D eigenvalue weighted by Gasteiger charge is -2.13. The Morgan fingerprint density at radius 3 is 2.48 bits per heavy atom. The SMILES string of the molecule is Cc1nc2cc(F)c(/C=C/C(=O)NO)cc2c(=O)n1-c1c(F)cccc1F. The number of carbonyl (C=O) groups is 1. The molecular weight excluding hydrogens is 363 g/mol. The van der Waals surface area contributed by atoms with Crippen LogP contribution in [0.25, 0.3) is 22.7 Å². The molecular formula is C18H12F3N3O3. The van der Waals surface area contributed by atoms with Crippen LogP contribution in [0.2, 0.25) is 0 Å². The van der Waals surface area contributed by atoms with Crippen LogP contribution in [-0.2, 0) is 4.79 Å². The molecule has 27 heavy (non-hydrogen) atoms. The van der Waals surface area contributed by atoms with Crippen molar-refractivity contribution in [1.82, 2.24) is 15.0 Å². The first-order chi connectivity index (χ1) is 12.8. The largest absolute Gasteiger partial charge is 0.288 e. The van der Waals surface area contributed by atoms with E-state index < -0.39 is 34.6 Å². The maximum Gasteiger partial charge on any atom is 0.267 e. The molecule has 0 aliphatic carbocycles. The minimum absolute atomic E-state index is 0.00763. The van der Waals surface area contributed by atoms with Gasteiger partial charge < -0.3 is 0 Å². The van der Waals surface area contributed by atoms with Crippen LogP contribution in [0.3, 0.4) is 0 Å². The number of amides is 1. The first kappa shape index (κ1) is 18.3. The Morgan fingerprint density at radius 2 is 1.85 bits per heavy atom. The molecule has 2 N–H and O–H groups in total. The number of benzene rings is 2. The highest BCUT2D eigenvalue weighted by Crippen LogP contribution is 2.21. The third-order valence-electron chi connectivity index (χ3n) is 3.84. The van der Waals surface area contributed by atoms with E-state index in [1.807, 2.05) is 0 Å². The molecule has 0 aliphatic rings. The van der Waals surface area contributed by atoms with Gasteiger partial charge in [-0.15, -0.1) is 0 Å². The van der Waals surface area contributed by atoms with Crippen LogP contribution in [-0.4, -0.2) is 20.7 Å². The van der Waals surface area contributed by atoms with E-state index in [1.165, 1.54) is 12.4 Å². The number of nitrogens with one attached hydrogen (secondary N) is 1. The van der Waals surface area contributed by atoms with Gasteiger partial charge in [0, 0.05) is 17.7 Å². The number of rotatable bonds is 3. The number of para-hydroxylation sites is 1. The van der Waals surface area contributed by atoms with Gasteiger partial charge in [0.1, 0.15) is 29.0 Å². The Hall–Kier alpha value is -3.46. The summed E-state index contributed by atoms with van der Waals surface area (Å²) in [6.07, 6.45) is 1.88. The molecule has 2 aromatic carbocycles. The number of nitrogens with zero attached hydrogens (tertiary/aromatic N) is 2. The van der Waals surface area contributed by atoms with Crippen molar-refractivity contribution in [2.75, 3.05) is 0 Å². The molecule has 0 unspecified atom stereocenters. The van der Waals surface area contributed by atoms with Crippen LogP contribution >= 0.6 is 0 Å². The summed E-state index contributed by atoms with van der Waals surface area (Å²) >= 11 is 0. The maximum absolute atomic E-state index is 14.2. The van der Waals surface area contributed by atoms with Crippen LogP contribution in [0.15, 0.2) is 41.2 Å². The highest BCUT2D eigenvalue weighted by molar-refractivity contribution is 5.91. The molecule has 6 nitrogen and oxygen atoms in total. The van der Waals surface area contributed by atoms with Crippen molar-refractivity contribution < 1.29 is 23.2 Å². The number of hydroxylamine groups is 1. The fourth-order valence-corrected chi connectivity index (χ4v) is 2.63. The molecule has 138 valence electrons. The number of fused-ring (bicyclic) bond motifs is 1. The molecule has 0 radical (unpaired) electrons. The summed E-state index contributed by atoms with van der Waals surface area (Å²) < 4.78 is 43.2. The van der Waals surface area contributed by atoms with Crippen LogP contribution in [0.5, 0.6) is 0 Å². The van der Waals surface area contributed by atoms with Crippen molar-refractivity contribution in [3.63, 3.8) is 0 Å². The van der Waals surface area contributed by atoms with E-state index in [1.54, 1.807) is 0 Å². The lowest BCUT2D eigenvalue weighted by atomic mass is 10.1. The van der Waals surface area contributed by atoms with Crippen LogP contribution < -0.4 is 11.0 Å². The Bertz CT molecular complexity index is 1140. The number of aryl methyl sites for hydroxylation is 1. The minimum atomic E-state index is -0.955. The smallest absolute Gasteiger partial charge is 0.267 e. The van der Waals surface area contributed by atoms with Gasteiger partial charge in [0.25, 0.3) is 11.5 Å². The summed E-state index contributed by atoms with van der Waals surface area (Å²) in [5.41, 5.74) is -0.198. The van der Waals surface area contributed by atoms with Gasteiger partial charge in [-0.1, -0.05) is 6.07 Å². The highest BCUT2D eigenvalue weighted by atomic mass is 19.1. The van der Waals surface area contributed by atoms with Crippen LogP contribution in [0.1, 0.15) is 11.4 Å². The summed E-state index contributed by atoms with van der Waals surface area (Å²) in [4.78, 5) is 27.9. The van der Waals surface area contributed by atoms with E-state index in [0.29, 0.717) is 0 Å². The molecule has 0 spiro atoms. The lowest BCUT2D eigenvalue weighted by molar-refractivity contribution is -0.124. The number of hydrogen-bond donors (Lipinski definition) is 2. The molecule has 3 aromatic rings. The van der Waals surface area contributed by atoms with Crippen molar-refractivity contribution >= 4 is 22.9 Å². The molecule has 1 aromatic heterocycles. The second-order valence-electron chi connectivity index (χ2n) is 5.57. The first-order valence-corrected chi connectivity index (χ1v) is 7.63. The van der Waals surface area contributed by atoms with Gasteiger partial charge in [0.2, 0.25) is 0 Å². The lowest BCUT2D eigenvalue weighted by Crippen LogP contribution is -2.24. The van der Waals surface area contributed by atoms with Crippen LogP contribution in [0.4, 0.5) is 13.2 Å². The van der Waals surface area contributed by atoms with Gasteiger partial charge in [0.15, 0.2) is 0 Å². The molecule has 0 fully saturated rings. The van der Waals surface area contributed by atoms with Gasteiger partial charge in [-0.3, -0.25) is 19.4 Å². The van der Waals surface area contributed by atoms with E-state index in [-0.39, 0.29) is 22.3 Å². The maximum atomic E-state index is 14.2. The Kier molecular flexibility index (Phi) is 4.78. The zero-order chi connectivity index (χ0) is 19.7. The van der Waals surface area contributed by atoms with Crippen LogP contribution in [0, 0.1) is 24.4 Å². The Morgan fingerprint density at radius 1 is 1.19 bits per heavy atom. The third kappa shape index (κ3) is 3.32. The summed E-state index contributed by atoms with van der Waals surface area (Å²) in [5, 5.41) is 8.36. The van der Waals surface area contributed by atoms with Crippen molar-refractivity contribution in [2.24, 2.45) is 0 Å². The van der Waals surface area contributed by atoms with Gasteiger partial charge in [-0.25, -0.2) is 23.6 Å². The molecule has 0 atom stereocenters. The second kappa shape index (κ2) is 7.04. The molecule has 1 heterocycles. The van der Waals surface area contributed by atoms with Crippen molar-refractivity contribution in [3.8, 4) is 5.69 Å². The average Bonchev–Trinajstić information content (AvgIpc) is 2.62. The predicted octanol–water partition coefficient (Wildman–Crippen LogP) is 2.63. The Balaban J connectivity index is 2.30. The first-order valence-electron chi connectivity index (χ1n) is 7.63. The van der Waals surface area contributed by atoms with E-state index in [0.717, 1.165) is 47.1 Å². The summed E-state index contributed by atoms with van der Waals surface area (Å²) in [7, 11) is 0. The summed E-state index contributed by atoms with van der Waals surface area (Å²) in [6.45, 7) is 1.37. The average molecular weight is 375 g/mol. The molecule has 3 rings (SSSR count). The van der Waals surface area contributed by atoms with Crippen molar-refractivity contribution in [2.45, 2.75) is 6.92 Å². The fourth-order valence-electron chi connectivity index (χ4n) is 2.63. The van der Waals surface area contributed by atoms with Gasteiger partial charge >= 0.3 is 0 Å². The minimum Gasteiger partial charge on any atom is -0.288 e. The molecule has 0 saturated carbocycles. The van der Waals surface area contributed by atoms with E-state index in [4.69, 9.17) is 5.21 Å². The summed E-state index contributed by atoms with van der Waals surface area (Å²) in [6, 6.07) is 5.24. The number of hydrogen-bond acceptors (Lipinski definition) is 4. The van der Waals surface area contributed by atoms with E-state index >= 15 is 0 Å². The zero-order valence-corrected chi connectivity index (χ0v) is 13.8.